The predicted octanol–water partition coefficient (Wildman–Crippen LogP) is 3.66. The molecule has 19 heavy (non-hydrogen) atoms. The van der Waals surface area contributed by atoms with Crippen molar-refractivity contribution in [2.24, 2.45) is 0 Å². The molecule has 0 aromatic heterocycles. The van der Waals surface area contributed by atoms with Crippen molar-refractivity contribution in [1.29, 1.82) is 0 Å². The molecule has 0 aliphatic heterocycles. The van der Waals surface area contributed by atoms with Gasteiger partial charge in [0, 0.05) is 5.02 Å². The van der Waals surface area contributed by atoms with E-state index in [1.165, 1.54) is 0 Å². The first kappa shape index (κ1) is 14.1. The minimum Gasteiger partial charge on any atom is -0.224 e. The molecular weight excluding hydrogens is 280 g/mol. The van der Waals surface area contributed by atoms with E-state index in [0.717, 1.165) is 11.1 Å². The van der Waals surface area contributed by atoms with Crippen LogP contribution in [-0.4, -0.2) is 14.2 Å². The second kappa shape index (κ2) is 5.76. The third-order valence-electron chi connectivity index (χ3n) is 2.95. The molecule has 0 saturated carbocycles. The highest BCUT2D eigenvalue weighted by atomic mass is 35.5. The average molecular weight is 295 g/mol. The summed E-state index contributed by atoms with van der Waals surface area (Å²) in [5, 5.41) is 0.658. The number of rotatable bonds is 4. The van der Waals surface area contributed by atoms with Crippen LogP contribution >= 0.6 is 11.6 Å². The van der Waals surface area contributed by atoms with E-state index in [-0.39, 0.29) is 5.75 Å². The summed E-state index contributed by atoms with van der Waals surface area (Å²) in [6.07, 6.45) is 0.493. The molecule has 100 valence electrons. The van der Waals surface area contributed by atoms with E-state index in [9.17, 15) is 8.42 Å². The van der Waals surface area contributed by atoms with Gasteiger partial charge in [-0.05, 0) is 43.2 Å². The first-order chi connectivity index (χ1) is 8.97. The molecule has 2 aromatic carbocycles. The summed E-state index contributed by atoms with van der Waals surface area (Å²) in [6, 6.07) is 14.2. The fourth-order valence-corrected chi connectivity index (χ4v) is 3.18. The fourth-order valence-electron chi connectivity index (χ4n) is 1.77. The molecule has 0 aliphatic rings. The van der Waals surface area contributed by atoms with Gasteiger partial charge in [-0.1, -0.05) is 41.4 Å². The Hall–Kier alpha value is -1.32. The maximum absolute atomic E-state index is 12.2. The monoisotopic (exact) mass is 294 g/mol. The lowest BCUT2D eigenvalue weighted by Gasteiger charge is -2.05. The molecule has 0 aliphatic carbocycles. The predicted molar refractivity (Wildman–Crippen MR) is 78.4 cm³/mol. The van der Waals surface area contributed by atoms with E-state index in [1.54, 1.807) is 24.3 Å². The highest BCUT2D eigenvalue weighted by Crippen LogP contribution is 2.15. The van der Waals surface area contributed by atoms with Gasteiger partial charge in [-0.3, -0.25) is 0 Å². The Kier molecular flexibility index (Phi) is 4.27. The van der Waals surface area contributed by atoms with Crippen molar-refractivity contribution < 1.29 is 8.42 Å². The van der Waals surface area contributed by atoms with Crippen LogP contribution in [0.15, 0.2) is 53.4 Å². The van der Waals surface area contributed by atoms with Gasteiger partial charge in [-0.25, -0.2) is 8.42 Å². The summed E-state index contributed by atoms with van der Waals surface area (Å²) < 4.78 is 24.3. The van der Waals surface area contributed by atoms with Crippen LogP contribution in [0.2, 0.25) is 5.02 Å². The van der Waals surface area contributed by atoms with Crippen molar-refractivity contribution in [3.05, 3.63) is 64.7 Å². The van der Waals surface area contributed by atoms with Gasteiger partial charge in [0.25, 0.3) is 0 Å². The lowest BCUT2D eigenvalue weighted by atomic mass is 10.2. The maximum Gasteiger partial charge on any atom is 0.178 e. The Bertz CT molecular complexity index is 644. The summed E-state index contributed by atoms with van der Waals surface area (Å²) in [6.45, 7) is 1.93. The molecule has 0 spiro atoms. The zero-order valence-corrected chi connectivity index (χ0v) is 12.2. The molecule has 0 atom stereocenters. The summed E-state index contributed by atoms with van der Waals surface area (Å²) in [7, 11) is -3.22. The Morgan fingerprint density at radius 1 is 0.947 bits per heavy atom. The number of benzene rings is 2. The zero-order chi connectivity index (χ0) is 13.9. The first-order valence-corrected chi connectivity index (χ1v) is 8.04. The minimum absolute atomic E-state index is 0.109. The van der Waals surface area contributed by atoms with Crippen molar-refractivity contribution in [2.45, 2.75) is 18.2 Å². The fraction of sp³-hybridized carbons (Fsp3) is 0.200. The van der Waals surface area contributed by atoms with Crippen LogP contribution < -0.4 is 0 Å². The third-order valence-corrected chi connectivity index (χ3v) is 4.94. The molecule has 0 heterocycles. The van der Waals surface area contributed by atoms with Gasteiger partial charge in [0.1, 0.15) is 0 Å². The highest BCUT2D eigenvalue weighted by molar-refractivity contribution is 7.91. The lowest BCUT2D eigenvalue weighted by molar-refractivity contribution is 0.595. The Labute approximate surface area is 119 Å². The van der Waals surface area contributed by atoms with Gasteiger partial charge < -0.3 is 0 Å². The van der Waals surface area contributed by atoms with E-state index in [4.69, 9.17) is 11.6 Å². The number of halogens is 1. The summed E-state index contributed by atoms with van der Waals surface area (Å²) in [5.41, 5.74) is 2.02. The van der Waals surface area contributed by atoms with Crippen LogP contribution in [0.25, 0.3) is 0 Å². The molecule has 2 rings (SSSR count). The van der Waals surface area contributed by atoms with Crippen LogP contribution in [0.3, 0.4) is 0 Å². The molecule has 0 N–H and O–H groups in total. The highest BCUT2D eigenvalue weighted by Gasteiger charge is 2.13. The van der Waals surface area contributed by atoms with Gasteiger partial charge in [-0.15, -0.1) is 0 Å². The Balaban J connectivity index is 2.09. The molecule has 0 radical (unpaired) electrons. The Morgan fingerprint density at radius 2 is 1.53 bits per heavy atom. The molecular formula is C15H15ClO2S. The van der Waals surface area contributed by atoms with Crippen molar-refractivity contribution in [1.82, 2.24) is 0 Å². The molecule has 0 bridgehead atoms. The van der Waals surface area contributed by atoms with E-state index in [0.29, 0.717) is 16.3 Å². The lowest BCUT2D eigenvalue weighted by Crippen LogP contribution is -2.09. The van der Waals surface area contributed by atoms with E-state index < -0.39 is 9.84 Å². The first-order valence-electron chi connectivity index (χ1n) is 6.01. The van der Waals surface area contributed by atoms with Gasteiger partial charge in [0.05, 0.1) is 10.6 Å². The summed E-state index contributed by atoms with van der Waals surface area (Å²) in [5.74, 6) is 0.109. The van der Waals surface area contributed by atoms with Gasteiger partial charge in [-0.2, -0.15) is 0 Å². The summed E-state index contributed by atoms with van der Waals surface area (Å²) >= 11 is 5.79. The molecule has 0 unspecified atom stereocenters. The van der Waals surface area contributed by atoms with Crippen molar-refractivity contribution in [2.75, 3.05) is 5.75 Å². The van der Waals surface area contributed by atoms with Gasteiger partial charge in [0.15, 0.2) is 9.84 Å². The van der Waals surface area contributed by atoms with Gasteiger partial charge in [0.2, 0.25) is 0 Å². The molecule has 2 aromatic rings. The average Bonchev–Trinajstić information content (AvgIpc) is 2.39. The smallest absolute Gasteiger partial charge is 0.178 e. The molecule has 0 amide bonds. The number of sulfone groups is 1. The number of aryl methyl sites for hydroxylation is 2. The second-order valence-corrected chi connectivity index (χ2v) is 7.05. The second-order valence-electron chi connectivity index (χ2n) is 4.51. The minimum atomic E-state index is -3.22. The number of hydrogen-bond acceptors (Lipinski definition) is 2. The molecule has 0 saturated heterocycles. The van der Waals surface area contributed by atoms with Crippen LogP contribution in [0.1, 0.15) is 11.1 Å². The topological polar surface area (TPSA) is 34.1 Å². The third kappa shape index (κ3) is 3.82. The molecule has 2 nitrogen and oxygen atoms in total. The zero-order valence-electron chi connectivity index (χ0n) is 10.6. The van der Waals surface area contributed by atoms with Crippen LogP contribution in [0.5, 0.6) is 0 Å². The van der Waals surface area contributed by atoms with Crippen molar-refractivity contribution >= 4 is 21.4 Å². The van der Waals surface area contributed by atoms with E-state index >= 15 is 0 Å². The van der Waals surface area contributed by atoms with Crippen LogP contribution in [-0.2, 0) is 16.3 Å². The quantitative estimate of drug-likeness (QED) is 0.862. The largest absolute Gasteiger partial charge is 0.224 e. The molecule has 4 heteroatoms. The van der Waals surface area contributed by atoms with Crippen LogP contribution in [0.4, 0.5) is 0 Å². The van der Waals surface area contributed by atoms with E-state index in [1.807, 2.05) is 31.2 Å². The SMILES string of the molecule is Cc1ccc(S(=O)(=O)CCc2ccc(Cl)cc2)cc1. The Morgan fingerprint density at radius 3 is 2.11 bits per heavy atom. The van der Waals surface area contributed by atoms with Gasteiger partial charge >= 0.3 is 0 Å². The van der Waals surface area contributed by atoms with Crippen molar-refractivity contribution in [3.63, 3.8) is 0 Å². The molecule has 0 fully saturated rings. The normalized spacial score (nSPS) is 11.5. The number of hydrogen-bond donors (Lipinski definition) is 0. The maximum atomic E-state index is 12.2. The van der Waals surface area contributed by atoms with E-state index in [2.05, 4.69) is 0 Å². The summed E-state index contributed by atoms with van der Waals surface area (Å²) in [4.78, 5) is 0.382. The standard InChI is InChI=1S/C15H15ClO2S/c1-12-2-8-15(9-3-12)19(17,18)11-10-13-4-6-14(16)7-5-13/h2-9H,10-11H2,1H3. The van der Waals surface area contributed by atoms with Crippen molar-refractivity contribution in [3.8, 4) is 0 Å². The van der Waals surface area contributed by atoms with Crippen LogP contribution in [0, 0.1) is 6.92 Å².